The van der Waals surface area contributed by atoms with Crippen molar-refractivity contribution in [3.05, 3.63) is 65.7 Å². The van der Waals surface area contributed by atoms with Crippen LogP contribution in [0.3, 0.4) is 0 Å². The molecule has 5 heteroatoms. The zero-order chi connectivity index (χ0) is 18.2. The van der Waals surface area contributed by atoms with Gasteiger partial charge in [-0.3, -0.25) is 14.4 Å². The number of benzene rings is 2. The van der Waals surface area contributed by atoms with Gasteiger partial charge in [-0.05, 0) is 31.5 Å². The van der Waals surface area contributed by atoms with Gasteiger partial charge >= 0.3 is 5.97 Å². The van der Waals surface area contributed by atoms with E-state index in [0.29, 0.717) is 11.3 Å². The van der Waals surface area contributed by atoms with Crippen molar-refractivity contribution in [2.75, 3.05) is 5.32 Å². The third kappa shape index (κ3) is 5.88. The molecule has 2 rings (SSSR count). The van der Waals surface area contributed by atoms with E-state index in [4.69, 9.17) is 4.74 Å². The first-order chi connectivity index (χ1) is 12.0. The van der Waals surface area contributed by atoms with E-state index in [0.717, 1.165) is 5.56 Å². The first-order valence-corrected chi connectivity index (χ1v) is 8.11. The van der Waals surface area contributed by atoms with E-state index in [2.05, 4.69) is 5.32 Å². The molecular weight excluding hydrogens is 318 g/mol. The molecule has 0 heterocycles. The number of anilines is 1. The van der Waals surface area contributed by atoms with Gasteiger partial charge in [-0.1, -0.05) is 42.5 Å². The predicted octanol–water partition coefficient (Wildman–Crippen LogP) is 3.53. The summed E-state index contributed by atoms with van der Waals surface area (Å²) >= 11 is 0. The van der Waals surface area contributed by atoms with Crippen molar-refractivity contribution in [3.63, 3.8) is 0 Å². The second-order valence-corrected chi connectivity index (χ2v) is 5.78. The fourth-order valence-corrected chi connectivity index (χ4v) is 2.31. The Balaban J connectivity index is 1.78. The number of ether oxygens (including phenoxy) is 1. The molecule has 0 aliphatic heterocycles. The van der Waals surface area contributed by atoms with Gasteiger partial charge in [0.2, 0.25) is 11.7 Å². The molecule has 0 aromatic heterocycles. The number of amides is 1. The second-order valence-electron chi connectivity index (χ2n) is 5.78. The van der Waals surface area contributed by atoms with Gasteiger partial charge in [0.1, 0.15) is 0 Å². The van der Waals surface area contributed by atoms with E-state index >= 15 is 0 Å². The molecule has 2 aromatic carbocycles. The first kappa shape index (κ1) is 18.4. The highest BCUT2D eigenvalue weighted by atomic mass is 16.5. The van der Waals surface area contributed by atoms with Gasteiger partial charge in [-0.15, -0.1) is 0 Å². The van der Waals surface area contributed by atoms with Crippen molar-refractivity contribution in [3.8, 4) is 0 Å². The van der Waals surface area contributed by atoms with Crippen molar-refractivity contribution >= 4 is 23.3 Å². The largest absolute Gasteiger partial charge is 0.454 e. The monoisotopic (exact) mass is 339 g/mol. The number of carbonyl (C=O) groups is 3. The molecule has 1 atom stereocenters. The van der Waals surface area contributed by atoms with Gasteiger partial charge in [-0.2, -0.15) is 0 Å². The molecule has 0 saturated carbocycles. The number of ketones is 1. The molecule has 0 aliphatic carbocycles. The Morgan fingerprint density at radius 2 is 1.72 bits per heavy atom. The lowest BCUT2D eigenvalue weighted by Crippen LogP contribution is -2.25. The third-order valence-corrected chi connectivity index (χ3v) is 3.59. The molecule has 0 radical (unpaired) electrons. The van der Waals surface area contributed by atoms with E-state index in [1.165, 1.54) is 6.92 Å². The molecule has 0 saturated heterocycles. The summed E-state index contributed by atoms with van der Waals surface area (Å²) in [6.07, 6.45) is -0.960. The summed E-state index contributed by atoms with van der Waals surface area (Å²) in [7, 11) is 0. The normalized spacial score (nSPS) is 11.4. The van der Waals surface area contributed by atoms with Gasteiger partial charge < -0.3 is 10.1 Å². The van der Waals surface area contributed by atoms with Crippen LogP contribution in [0.25, 0.3) is 0 Å². The Kier molecular flexibility index (Phi) is 6.46. The lowest BCUT2D eigenvalue weighted by atomic mass is 10.1. The number of hydrogen-bond acceptors (Lipinski definition) is 4. The summed E-state index contributed by atoms with van der Waals surface area (Å²) < 4.78 is 5.12. The lowest BCUT2D eigenvalue weighted by molar-refractivity contribution is -0.147. The standard InChI is InChI=1S/C20H21NO4/c1-14-7-6-10-17(13-14)21-18(22)11-12-19(23)25-15(2)20(24)16-8-4-3-5-9-16/h3-10,13,15H,11-12H2,1-2H3,(H,21,22)/t15-/m0/s1. The minimum Gasteiger partial charge on any atom is -0.454 e. The maximum Gasteiger partial charge on any atom is 0.307 e. The van der Waals surface area contributed by atoms with Crippen LogP contribution in [0.4, 0.5) is 5.69 Å². The van der Waals surface area contributed by atoms with Crippen LogP contribution >= 0.6 is 0 Å². The zero-order valence-electron chi connectivity index (χ0n) is 14.3. The van der Waals surface area contributed by atoms with E-state index in [1.807, 2.05) is 25.1 Å². The molecular formula is C20H21NO4. The van der Waals surface area contributed by atoms with Crippen LogP contribution in [-0.4, -0.2) is 23.8 Å². The van der Waals surface area contributed by atoms with Gasteiger partial charge in [0.15, 0.2) is 6.10 Å². The van der Waals surface area contributed by atoms with E-state index in [1.54, 1.807) is 36.4 Å². The van der Waals surface area contributed by atoms with Crippen molar-refractivity contribution < 1.29 is 19.1 Å². The average molecular weight is 339 g/mol. The van der Waals surface area contributed by atoms with E-state index in [9.17, 15) is 14.4 Å². The third-order valence-electron chi connectivity index (χ3n) is 3.59. The van der Waals surface area contributed by atoms with Crippen LogP contribution in [0.2, 0.25) is 0 Å². The average Bonchev–Trinajstić information content (AvgIpc) is 2.60. The number of aryl methyl sites for hydroxylation is 1. The fraction of sp³-hybridized carbons (Fsp3) is 0.250. The smallest absolute Gasteiger partial charge is 0.307 e. The van der Waals surface area contributed by atoms with E-state index in [-0.39, 0.29) is 24.5 Å². The Hall–Kier alpha value is -2.95. The van der Waals surface area contributed by atoms with Gasteiger partial charge in [0.05, 0.1) is 6.42 Å². The van der Waals surface area contributed by atoms with Crippen molar-refractivity contribution in [2.24, 2.45) is 0 Å². The van der Waals surface area contributed by atoms with Crippen molar-refractivity contribution in [2.45, 2.75) is 32.8 Å². The topological polar surface area (TPSA) is 72.5 Å². The molecule has 1 amide bonds. The maximum atomic E-state index is 12.1. The van der Waals surface area contributed by atoms with Crippen LogP contribution in [0.5, 0.6) is 0 Å². The fourth-order valence-electron chi connectivity index (χ4n) is 2.31. The maximum absolute atomic E-state index is 12.1. The number of esters is 1. The molecule has 0 unspecified atom stereocenters. The Morgan fingerprint density at radius 3 is 2.40 bits per heavy atom. The summed E-state index contributed by atoms with van der Waals surface area (Å²) in [5.41, 5.74) is 2.21. The predicted molar refractivity (Wildman–Crippen MR) is 95.4 cm³/mol. The molecule has 2 aromatic rings. The lowest BCUT2D eigenvalue weighted by Gasteiger charge is -2.12. The van der Waals surface area contributed by atoms with Gasteiger partial charge in [0.25, 0.3) is 0 Å². The molecule has 0 aliphatic rings. The molecule has 1 N–H and O–H groups in total. The number of hydrogen-bond donors (Lipinski definition) is 1. The Morgan fingerprint density at radius 1 is 1.00 bits per heavy atom. The minimum absolute atomic E-state index is 0.000970. The SMILES string of the molecule is Cc1cccc(NC(=O)CCC(=O)O[C@@H](C)C(=O)c2ccccc2)c1. The quantitative estimate of drug-likeness (QED) is 0.619. The van der Waals surface area contributed by atoms with Crippen LogP contribution in [0.15, 0.2) is 54.6 Å². The second kappa shape index (κ2) is 8.78. The number of nitrogens with one attached hydrogen (secondary N) is 1. The van der Waals surface area contributed by atoms with Crippen LogP contribution in [0, 0.1) is 6.92 Å². The van der Waals surface area contributed by atoms with Crippen LogP contribution in [-0.2, 0) is 14.3 Å². The first-order valence-electron chi connectivity index (χ1n) is 8.11. The van der Waals surface area contributed by atoms with Crippen molar-refractivity contribution in [1.82, 2.24) is 0 Å². The molecule has 5 nitrogen and oxygen atoms in total. The highest BCUT2D eigenvalue weighted by Gasteiger charge is 2.19. The van der Waals surface area contributed by atoms with Gasteiger partial charge in [-0.25, -0.2) is 0 Å². The van der Waals surface area contributed by atoms with Crippen LogP contribution < -0.4 is 5.32 Å². The van der Waals surface area contributed by atoms with Gasteiger partial charge in [0, 0.05) is 17.7 Å². The molecule has 0 bridgehead atoms. The summed E-state index contributed by atoms with van der Waals surface area (Å²) in [5, 5.41) is 2.73. The van der Waals surface area contributed by atoms with Crippen LogP contribution in [0.1, 0.15) is 35.7 Å². The summed E-state index contributed by atoms with van der Waals surface area (Å²) in [6, 6.07) is 16.0. The van der Waals surface area contributed by atoms with E-state index < -0.39 is 12.1 Å². The molecule has 0 spiro atoms. The Bertz CT molecular complexity index is 755. The van der Waals surface area contributed by atoms with Crippen molar-refractivity contribution in [1.29, 1.82) is 0 Å². The highest BCUT2D eigenvalue weighted by Crippen LogP contribution is 2.11. The number of Topliss-reactive ketones (excluding diaryl/α,β-unsaturated/α-hetero) is 1. The Labute approximate surface area is 147 Å². The summed E-state index contributed by atoms with van der Waals surface area (Å²) in [5.74, 6) is -1.11. The minimum atomic E-state index is -0.880. The molecule has 0 fully saturated rings. The zero-order valence-corrected chi connectivity index (χ0v) is 14.3. The summed E-state index contributed by atoms with van der Waals surface area (Å²) in [4.78, 5) is 35.9. The summed E-state index contributed by atoms with van der Waals surface area (Å²) in [6.45, 7) is 3.46. The molecule has 25 heavy (non-hydrogen) atoms. The number of rotatable bonds is 7. The molecule has 130 valence electrons. The number of carbonyl (C=O) groups excluding carboxylic acids is 3. The highest BCUT2D eigenvalue weighted by molar-refractivity contribution is 6.00.